The number of aromatic carboxylic acids is 1. The highest BCUT2D eigenvalue weighted by Gasteiger charge is 2.15. The second kappa shape index (κ2) is 5.83. The van der Waals surface area contributed by atoms with Crippen molar-refractivity contribution in [1.29, 1.82) is 0 Å². The van der Waals surface area contributed by atoms with Crippen LogP contribution in [0.4, 0.5) is 5.82 Å². The fraction of sp³-hybridized carbons (Fsp3) is 0.0714. The van der Waals surface area contributed by atoms with Gasteiger partial charge in [-0.3, -0.25) is 4.79 Å². The molecule has 0 saturated heterocycles. The third-order valence-electron chi connectivity index (χ3n) is 2.71. The molecule has 0 aliphatic carbocycles. The Kier molecular flexibility index (Phi) is 4.14. The molecule has 2 N–H and O–H groups in total. The van der Waals surface area contributed by atoms with Crippen LogP contribution >= 0.6 is 15.9 Å². The van der Waals surface area contributed by atoms with Gasteiger partial charge < -0.3 is 10.4 Å². The smallest absolute Gasteiger partial charge is 0.339 e. The standard InChI is InChI=1S/C14H11BrN2O3/c1-8-4-5-9(15)7-11(8)13(18)17-12-10(14(19)20)3-2-6-16-12/h2-7H,1H3,(H,19,20)(H,16,17,18). The zero-order valence-corrected chi connectivity index (χ0v) is 12.1. The molecule has 0 saturated carbocycles. The van der Waals surface area contributed by atoms with Gasteiger partial charge in [-0.25, -0.2) is 9.78 Å². The summed E-state index contributed by atoms with van der Waals surface area (Å²) >= 11 is 3.30. The van der Waals surface area contributed by atoms with E-state index in [1.807, 2.05) is 6.07 Å². The molecule has 102 valence electrons. The number of carbonyl (C=O) groups is 2. The Morgan fingerprint density at radius 2 is 2.00 bits per heavy atom. The van der Waals surface area contributed by atoms with Crippen LogP contribution in [0.15, 0.2) is 41.0 Å². The Bertz CT molecular complexity index is 686. The van der Waals surface area contributed by atoms with Crippen LogP contribution in [0.1, 0.15) is 26.3 Å². The van der Waals surface area contributed by atoms with E-state index < -0.39 is 11.9 Å². The van der Waals surface area contributed by atoms with Gasteiger partial charge in [-0.2, -0.15) is 0 Å². The number of anilines is 1. The van der Waals surface area contributed by atoms with Gasteiger partial charge in [0.25, 0.3) is 5.91 Å². The molecule has 1 aromatic carbocycles. The lowest BCUT2D eigenvalue weighted by molar-refractivity contribution is 0.0697. The lowest BCUT2D eigenvalue weighted by Gasteiger charge is -2.09. The average Bonchev–Trinajstić information content (AvgIpc) is 2.41. The molecule has 1 heterocycles. The van der Waals surface area contributed by atoms with Crippen molar-refractivity contribution in [3.8, 4) is 0 Å². The number of carboxylic acids is 1. The van der Waals surface area contributed by atoms with Crippen molar-refractivity contribution < 1.29 is 14.7 Å². The van der Waals surface area contributed by atoms with Crippen LogP contribution in [-0.4, -0.2) is 22.0 Å². The number of rotatable bonds is 3. The zero-order valence-electron chi connectivity index (χ0n) is 10.6. The van der Waals surface area contributed by atoms with Crippen molar-refractivity contribution in [2.24, 2.45) is 0 Å². The largest absolute Gasteiger partial charge is 0.478 e. The van der Waals surface area contributed by atoms with E-state index in [1.165, 1.54) is 18.3 Å². The monoisotopic (exact) mass is 334 g/mol. The summed E-state index contributed by atoms with van der Waals surface area (Å²) in [6.45, 7) is 1.80. The van der Waals surface area contributed by atoms with Gasteiger partial charge in [0.1, 0.15) is 11.4 Å². The van der Waals surface area contributed by atoms with Crippen LogP contribution in [0.3, 0.4) is 0 Å². The number of amides is 1. The van der Waals surface area contributed by atoms with E-state index in [2.05, 4.69) is 26.2 Å². The van der Waals surface area contributed by atoms with Crippen LogP contribution in [-0.2, 0) is 0 Å². The molecule has 0 aliphatic rings. The number of aromatic nitrogens is 1. The van der Waals surface area contributed by atoms with Crippen molar-refractivity contribution in [2.75, 3.05) is 5.32 Å². The molecule has 2 aromatic rings. The number of nitrogens with one attached hydrogen (secondary N) is 1. The predicted molar refractivity (Wildman–Crippen MR) is 78.0 cm³/mol. The number of hydrogen-bond donors (Lipinski definition) is 2. The van der Waals surface area contributed by atoms with Crippen LogP contribution < -0.4 is 5.32 Å². The summed E-state index contributed by atoms with van der Waals surface area (Å²) in [5.41, 5.74) is 1.20. The molecule has 20 heavy (non-hydrogen) atoms. The number of hydrogen-bond acceptors (Lipinski definition) is 3. The molecule has 5 nitrogen and oxygen atoms in total. The number of carboxylic acid groups (broad SMARTS) is 1. The summed E-state index contributed by atoms with van der Waals surface area (Å²) in [7, 11) is 0. The molecule has 0 radical (unpaired) electrons. The first-order valence-corrected chi connectivity index (χ1v) is 6.54. The Morgan fingerprint density at radius 3 is 2.70 bits per heavy atom. The Labute approximate surface area is 123 Å². The molecule has 2 rings (SSSR count). The Hall–Kier alpha value is -2.21. The minimum atomic E-state index is -1.14. The number of aryl methyl sites for hydroxylation is 1. The van der Waals surface area contributed by atoms with Crippen molar-refractivity contribution in [1.82, 2.24) is 4.98 Å². The summed E-state index contributed by atoms with van der Waals surface area (Å²) in [6.07, 6.45) is 1.43. The van der Waals surface area contributed by atoms with Gasteiger partial charge >= 0.3 is 5.97 Å². The predicted octanol–water partition coefficient (Wildman–Crippen LogP) is 3.10. The number of pyridine rings is 1. The van der Waals surface area contributed by atoms with E-state index in [9.17, 15) is 9.59 Å². The van der Waals surface area contributed by atoms with Crippen LogP contribution in [0, 0.1) is 6.92 Å². The molecule has 0 atom stereocenters. The number of carbonyl (C=O) groups excluding carboxylic acids is 1. The highest BCUT2D eigenvalue weighted by molar-refractivity contribution is 9.10. The molecule has 0 fully saturated rings. The maximum Gasteiger partial charge on any atom is 0.339 e. The second-order valence-electron chi connectivity index (χ2n) is 4.12. The Balaban J connectivity index is 2.33. The third kappa shape index (κ3) is 3.03. The van der Waals surface area contributed by atoms with Crippen LogP contribution in [0.2, 0.25) is 0 Å². The van der Waals surface area contributed by atoms with E-state index in [1.54, 1.807) is 19.1 Å². The highest BCUT2D eigenvalue weighted by atomic mass is 79.9. The maximum atomic E-state index is 12.2. The lowest BCUT2D eigenvalue weighted by Crippen LogP contribution is -2.17. The van der Waals surface area contributed by atoms with Gasteiger partial charge in [0.2, 0.25) is 0 Å². The minimum Gasteiger partial charge on any atom is -0.478 e. The molecule has 6 heteroatoms. The molecule has 0 unspecified atom stereocenters. The highest BCUT2D eigenvalue weighted by Crippen LogP contribution is 2.18. The normalized spacial score (nSPS) is 10.1. The topological polar surface area (TPSA) is 79.3 Å². The van der Waals surface area contributed by atoms with Gasteiger partial charge in [0, 0.05) is 16.2 Å². The van der Waals surface area contributed by atoms with Gasteiger partial charge in [-0.1, -0.05) is 22.0 Å². The SMILES string of the molecule is Cc1ccc(Br)cc1C(=O)Nc1ncccc1C(=O)O. The first-order valence-electron chi connectivity index (χ1n) is 5.75. The zero-order chi connectivity index (χ0) is 14.7. The van der Waals surface area contributed by atoms with Crippen LogP contribution in [0.5, 0.6) is 0 Å². The molecular weight excluding hydrogens is 324 g/mol. The quantitative estimate of drug-likeness (QED) is 0.903. The molecule has 1 aromatic heterocycles. The molecule has 0 spiro atoms. The van der Waals surface area contributed by atoms with Gasteiger partial charge in [-0.15, -0.1) is 0 Å². The lowest BCUT2D eigenvalue weighted by atomic mass is 10.1. The van der Waals surface area contributed by atoms with Crippen molar-refractivity contribution in [2.45, 2.75) is 6.92 Å². The van der Waals surface area contributed by atoms with Crippen molar-refractivity contribution in [3.05, 3.63) is 57.7 Å². The Morgan fingerprint density at radius 1 is 1.25 bits per heavy atom. The maximum absolute atomic E-state index is 12.2. The molecular formula is C14H11BrN2O3. The summed E-state index contributed by atoms with van der Waals surface area (Å²) < 4.78 is 0.771. The van der Waals surface area contributed by atoms with Gasteiger partial charge in [0.05, 0.1) is 0 Å². The van der Waals surface area contributed by atoms with Crippen molar-refractivity contribution in [3.63, 3.8) is 0 Å². The number of halogens is 1. The summed E-state index contributed by atoms with van der Waals surface area (Å²) in [6, 6.07) is 8.20. The van der Waals surface area contributed by atoms with E-state index in [0.717, 1.165) is 10.0 Å². The average molecular weight is 335 g/mol. The molecule has 0 bridgehead atoms. The first kappa shape index (κ1) is 14.2. The number of benzene rings is 1. The second-order valence-corrected chi connectivity index (χ2v) is 5.03. The van der Waals surface area contributed by atoms with Crippen molar-refractivity contribution >= 4 is 33.6 Å². The summed E-state index contributed by atoms with van der Waals surface area (Å²) in [5.74, 6) is -1.51. The van der Waals surface area contributed by atoms with E-state index in [-0.39, 0.29) is 11.4 Å². The fourth-order valence-corrected chi connectivity index (χ4v) is 2.05. The fourth-order valence-electron chi connectivity index (χ4n) is 1.69. The van der Waals surface area contributed by atoms with E-state index in [4.69, 9.17) is 5.11 Å². The van der Waals surface area contributed by atoms with Crippen LogP contribution in [0.25, 0.3) is 0 Å². The van der Waals surface area contributed by atoms with E-state index >= 15 is 0 Å². The molecule has 1 amide bonds. The summed E-state index contributed by atoms with van der Waals surface area (Å²) in [4.78, 5) is 27.2. The van der Waals surface area contributed by atoms with Gasteiger partial charge in [-0.05, 0) is 36.8 Å². The van der Waals surface area contributed by atoms with E-state index in [0.29, 0.717) is 5.56 Å². The van der Waals surface area contributed by atoms with Gasteiger partial charge in [0.15, 0.2) is 0 Å². The molecule has 0 aliphatic heterocycles. The minimum absolute atomic E-state index is 0.0318. The number of nitrogens with zero attached hydrogens (tertiary/aromatic N) is 1. The third-order valence-corrected chi connectivity index (χ3v) is 3.21. The first-order chi connectivity index (χ1) is 9.49. The summed E-state index contributed by atoms with van der Waals surface area (Å²) in [5, 5.41) is 11.6.